The maximum atomic E-state index is 13.7. The molecule has 0 bridgehead atoms. The normalized spacial score (nSPS) is 26.1. The summed E-state index contributed by atoms with van der Waals surface area (Å²) in [7, 11) is 0. The first-order valence-corrected chi connectivity index (χ1v) is 7.08. The number of hydrogen-bond acceptors (Lipinski definition) is 1. The summed E-state index contributed by atoms with van der Waals surface area (Å²) in [5, 5.41) is 3.55. The number of halogens is 2. The lowest BCUT2D eigenvalue weighted by Crippen LogP contribution is -2.33. The summed E-state index contributed by atoms with van der Waals surface area (Å²) in [5.41, 5.74) is 0.749. The molecule has 0 aromatic heterocycles. The Balaban J connectivity index is 2.08. The average Bonchev–Trinajstić information content (AvgIpc) is 2.68. The van der Waals surface area contributed by atoms with E-state index in [1.165, 1.54) is 25.3 Å². The van der Waals surface area contributed by atoms with Gasteiger partial charge in [0.1, 0.15) is 5.82 Å². The highest BCUT2D eigenvalue weighted by atomic mass is 79.9. The van der Waals surface area contributed by atoms with E-state index < -0.39 is 0 Å². The molecule has 0 aliphatic heterocycles. The lowest BCUT2D eigenvalue weighted by Gasteiger charge is -2.23. The third kappa shape index (κ3) is 3.08. The van der Waals surface area contributed by atoms with E-state index >= 15 is 0 Å². The molecule has 1 aromatic rings. The molecule has 17 heavy (non-hydrogen) atoms. The second kappa shape index (κ2) is 5.49. The van der Waals surface area contributed by atoms with Gasteiger partial charge in [0.25, 0.3) is 0 Å². The third-order valence-electron chi connectivity index (χ3n) is 3.75. The maximum absolute atomic E-state index is 13.7. The van der Waals surface area contributed by atoms with Crippen LogP contribution in [-0.4, -0.2) is 6.04 Å². The Hall–Kier alpha value is -0.410. The zero-order valence-electron chi connectivity index (χ0n) is 10.3. The van der Waals surface area contributed by atoms with E-state index in [0.717, 1.165) is 10.0 Å². The van der Waals surface area contributed by atoms with E-state index in [9.17, 15) is 4.39 Å². The standard InChI is InChI=1S/C14H19BrFN/c1-9-4-3-5-14(9)17-10(2)12-8-11(15)6-7-13(12)16/h6-10,14,17H,3-5H2,1-2H3. The van der Waals surface area contributed by atoms with E-state index in [-0.39, 0.29) is 11.9 Å². The molecule has 2 rings (SSSR count). The van der Waals surface area contributed by atoms with E-state index in [0.29, 0.717) is 12.0 Å². The van der Waals surface area contributed by atoms with Crippen LogP contribution in [-0.2, 0) is 0 Å². The Labute approximate surface area is 111 Å². The molecule has 1 aliphatic rings. The molecule has 0 spiro atoms. The Morgan fingerprint density at radius 1 is 1.41 bits per heavy atom. The summed E-state index contributed by atoms with van der Waals surface area (Å²) in [6.07, 6.45) is 3.78. The molecule has 3 heteroatoms. The van der Waals surface area contributed by atoms with Crippen molar-refractivity contribution in [3.8, 4) is 0 Å². The van der Waals surface area contributed by atoms with Gasteiger partial charge in [-0.05, 0) is 43.9 Å². The van der Waals surface area contributed by atoms with Crippen LogP contribution in [0.15, 0.2) is 22.7 Å². The molecule has 0 heterocycles. The average molecular weight is 300 g/mol. The predicted octanol–water partition coefficient (Wildman–Crippen LogP) is 4.43. The van der Waals surface area contributed by atoms with Gasteiger partial charge in [-0.3, -0.25) is 0 Å². The molecular weight excluding hydrogens is 281 g/mol. The monoisotopic (exact) mass is 299 g/mol. The zero-order chi connectivity index (χ0) is 12.4. The molecule has 3 atom stereocenters. The Bertz CT molecular complexity index is 394. The third-order valence-corrected chi connectivity index (χ3v) is 4.24. The minimum atomic E-state index is -0.126. The van der Waals surface area contributed by atoms with Gasteiger partial charge in [0.2, 0.25) is 0 Å². The largest absolute Gasteiger partial charge is 0.307 e. The van der Waals surface area contributed by atoms with Crippen molar-refractivity contribution in [3.63, 3.8) is 0 Å². The van der Waals surface area contributed by atoms with Gasteiger partial charge in [-0.15, -0.1) is 0 Å². The van der Waals surface area contributed by atoms with Gasteiger partial charge >= 0.3 is 0 Å². The van der Waals surface area contributed by atoms with Crippen LogP contribution in [0, 0.1) is 11.7 Å². The van der Waals surface area contributed by atoms with Crippen LogP contribution < -0.4 is 5.32 Å². The fourth-order valence-electron chi connectivity index (χ4n) is 2.65. The van der Waals surface area contributed by atoms with Gasteiger partial charge in [0.05, 0.1) is 0 Å². The molecule has 1 aromatic carbocycles. The molecular formula is C14H19BrFN. The topological polar surface area (TPSA) is 12.0 Å². The highest BCUT2D eigenvalue weighted by Gasteiger charge is 2.25. The summed E-state index contributed by atoms with van der Waals surface area (Å²) < 4.78 is 14.7. The molecule has 1 aliphatic carbocycles. The second-order valence-electron chi connectivity index (χ2n) is 5.07. The first kappa shape index (κ1) is 13.0. The van der Waals surface area contributed by atoms with Gasteiger partial charge in [0, 0.05) is 22.1 Å². The fraction of sp³-hybridized carbons (Fsp3) is 0.571. The Kier molecular flexibility index (Phi) is 4.21. The highest BCUT2D eigenvalue weighted by Crippen LogP contribution is 2.28. The lowest BCUT2D eigenvalue weighted by atomic mass is 10.0. The van der Waals surface area contributed by atoms with Crippen LogP contribution in [0.2, 0.25) is 0 Å². The van der Waals surface area contributed by atoms with Crippen LogP contribution in [0.3, 0.4) is 0 Å². The predicted molar refractivity (Wildman–Crippen MR) is 72.5 cm³/mol. The number of nitrogens with one attached hydrogen (secondary N) is 1. The van der Waals surface area contributed by atoms with Crippen LogP contribution in [0.1, 0.15) is 44.7 Å². The van der Waals surface area contributed by atoms with E-state index in [4.69, 9.17) is 0 Å². The Morgan fingerprint density at radius 2 is 2.18 bits per heavy atom. The molecule has 0 radical (unpaired) electrons. The summed E-state index contributed by atoms with van der Waals surface area (Å²) in [6, 6.07) is 5.73. The van der Waals surface area contributed by atoms with Crippen molar-refractivity contribution < 1.29 is 4.39 Å². The molecule has 1 nitrogen and oxygen atoms in total. The number of hydrogen-bond donors (Lipinski definition) is 1. The van der Waals surface area contributed by atoms with Crippen molar-refractivity contribution in [2.75, 3.05) is 0 Å². The Morgan fingerprint density at radius 3 is 2.82 bits per heavy atom. The summed E-state index contributed by atoms with van der Waals surface area (Å²) in [4.78, 5) is 0. The summed E-state index contributed by atoms with van der Waals surface area (Å²) in [6.45, 7) is 4.31. The van der Waals surface area contributed by atoms with Crippen LogP contribution >= 0.6 is 15.9 Å². The molecule has 1 saturated carbocycles. The lowest BCUT2D eigenvalue weighted by molar-refractivity contribution is 0.382. The van der Waals surface area contributed by atoms with E-state index in [2.05, 4.69) is 28.2 Å². The number of benzene rings is 1. The quantitative estimate of drug-likeness (QED) is 0.871. The minimum absolute atomic E-state index is 0.0676. The minimum Gasteiger partial charge on any atom is -0.307 e. The van der Waals surface area contributed by atoms with Gasteiger partial charge in [0.15, 0.2) is 0 Å². The van der Waals surface area contributed by atoms with Crippen molar-refractivity contribution in [2.45, 2.75) is 45.2 Å². The first-order valence-electron chi connectivity index (χ1n) is 6.29. The fourth-order valence-corrected chi connectivity index (χ4v) is 3.03. The van der Waals surface area contributed by atoms with E-state index in [1.807, 2.05) is 13.0 Å². The van der Waals surface area contributed by atoms with Crippen molar-refractivity contribution >= 4 is 15.9 Å². The second-order valence-corrected chi connectivity index (χ2v) is 5.98. The summed E-state index contributed by atoms with van der Waals surface area (Å²) in [5.74, 6) is 0.575. The van der Waals surface area contributed by atoms with Gasteiger partial charge < -0.3 is 5.32 Å². The molecule has 1 N–H and O–H groups in total. The zero-order valence-corrected chi connectivity index (χ0v) is 11.9. The van der Waals surface area contributed by atoms with Crippen molar-refractivity contribution in [2.24, 2.45) is 5.92 Å². The summed E-state index contributed by atoms with van der Waals surface area (Å²) >= 11 is 3.39. The molecule has 94 valence electrons. The smallest absolute Gasteiger partial charge is 0.128 e. The maximum Gasteiger partial charge on any atom is 0.128 e. The van der Waals surface area contributed by atoms with Crippen molar-refractivity contribution in [3.05, 3.63) is 34.1 Å². The van der Waals surface area contributed by atoms with Gasteiger partial charge in [-0.2, -0.15) is 0 Å². The van der Waals surface area contributed by atoms with E-state index in [1.54, 1.807) is 6.07 Å². The molecule has 3 unspecified atom stereocenters. The first-order chi connectivity index (χ1) is 8.08. The van der Waals surface area contributed by atoms with Crippen LogP contribution in [0.25, 0.3) is 0 Å². The van der Waals surface area contributed by atoms with Crippen molar-refractivity contribution in [1.82, 2.24) is 5.32 Å². The molecule has 1 fully saturated rings. The highest BCUT2D eigenvalue weighted by molar-refractivity contribution is 9.10. The molecule has 0 amide bonds. The van der Waals surface area contributed by atoms with Crippen LogP contribution in [0.5, 0.6) is 0 Å². The van der Waals surface area contributed by atoms with Crippen LogP contribution in [0.4, 0.5) is 4.39 Å². The van der Waals surface area contributed by atoms with Gasteiger partial charge in [-0.1, -0.05) is 29.3 Å². The SMILES string of the molecule is CC(NC1CCCC1C)c1cc(Br)ccc1F. The van der Waals surface area contributed by atoms with Gasteiger partial charge in [-0.25, -0.2) is 4.39 Å². The van der Waals surface area contributed by atoms with Crippen molar-refractivity contribution in [1.29, 1.82) is 0 Å². The molecule has 0 saturated heterocycles. The number of rotatable bonds is 3.